The number of phenols is 1. The molecule has 14 heavy (non-hydrogen) atoms. The molecule has 0 aliphatic carbocycles. The fraction of sp³-hybridized carbons (Fsp3) is 0.200. The number of hydrogen-bond acceptors (Lipinski definition) is 3. The molecule has 0 aliphatic heterocycles. The Morgan fingerprint density at radius 3 is 2.57 bits per heavy atom. The van der Waals surface area contributed by atoms with E-state index in [0.717, 1.165) is 17.8 Å². The highest BCUT2D eigenvalue weighted by atomic mass is 16.3. The highest BCUT2D eigenvalue weighted by Gasteiger charge is 2.03. The summed E-state index contributed by atoms with van der Waals surface area (Å²) in [6, 6.07) is 6.82. The van der Waals surface area contributed by atoms with Gasteiger partial charge in [0.1, 0.15) is 11.6 Å². The zero-order valence-corrected chi connectivity index (χ0v) is 7.86. The number of aryl methyl sites for hydroxylation is 1. The van der Waals surface area contributed by atoms with Crippen LogP contribution < -0.4 is 0 Å². The third-order valence-corrected chi connectivity index (χ3v) is 1.99. The van der Waals surface area contributed by atoms with Gasteiger partial charge < -0.3 is 5.11 Å². The molecule has 0 aliphatic rings. The summed E-state index contributed by atoms with van der Waals surface area (Å²) in [4.78, 5) is 4.28. The maximum absolute atomic E-state index is 9.11. The molecule has 1 heterocycles. The molecule has 0 amide bonds. The van der Waals surface area contributed by atoms with Crippen molar-refractivity contribution in [3.63, 3.8) is 0 Å². The molecule has 2 rings (SSSR count). The van der Waals surface area contributed by atoms with Gasteiger partial charge in [-0.15, -0.1) is 0 Å². The molecular formula is C10H11N3O. The van der Waals surface area contributed by atoms with Crippen LogP contribution >= 0.6 is 0 Å². The van der Waals surface area contributed by atoms with Gasteiger partial charge in [-0.2, -0.15) is 5.10 Å². The van der Waals surface area contributed by atoms with Crippen molar-refractivity contribution in [3.05, 3.63) is 30.1 Å². The topological polar surface area (TPSA) is 61.8 Å². The average Bonchev–Trinajstić information content (AvgIpc) is 2.67. The molecule has 1 aromatic heterocycles. The van der Waals surface area contributed by atoms with Gasteiger partial charge in [0, 0.05) is 12.0 Å². The number of aromatic amines is 1. The van der Waals surface area contributed by atoms with E-state index in [9.17, 15) is 0 Å². The van der Waals surface area contributed by atoms with Crippen molar-refractivity contribution in [2.24, 2.45) is 0 Å². The molecule has 1 aromatic carbocycles. The Bertz CT molecular complexity index is 419. The van der Waals surface area contributed by atoms with Crippen molar-refractivity contribution < 1.29 is 5.11 Å². The van der Waals surface area contributed by atoms with E-state index in [2.05, 4.69) is 15.2 Å². The summed E-state index contributed by atoms with van der Waals surface area (Å²) < 4.78 is 0. The Hall–Kier alpha value is -1.84. The zero-order valence-electron chi connectivity index (χ0n) is 7.86. The maximum Gasteiger partial charge on any atom is 0.181 e. The summed E-state index contributed by atoms with van der Waals surface area (Å²) in [6.07, 6.45) is 0.838. The van der Waals surface area contributed by atoms with E-state index in [0.29, 0.717) is 5.82 Å². The molecule has 0 fully saturated rings. The lowest BCUT2D eigenvalue weighted by atomic mass is 10.2. The summed E-state index contributed by atoms with van der Waals surface area (Å²) in [6.45, 7) is 2.01. The molecule has 4 heteroatoms. The van der Waals surface area contributed by atoms with Gasteiger partial charge in [0.2, 0.25) is 0 Å². The summed E-state index contributed by atoms with van der Waals surface area (Å²) in [5.74, 6) is 1.79. The number of H-pyrrole nitrogens is 1. The molecule has 0 saturated carbocycles. The Kier molecular flexibility index (Phi) is 2.18. The van der Waals surface area contributed by atoms with Crippen molar-refractivity contribution >= 4 is 0 Å². The minimum absolute atomic E-state index is 0.250. The van der Waals surface area contributed by atoms with Crippen molar-refractivity contribution in [1.82, 2.24) is 15.2 Å². The van der Waals surface area contributed by atoms with Crippen LogP contribution in [0.15, 0.2) is 24.3 Å². The van der Waals surface area contributed by atoms with Gasteiger partial charge in [-0.05, 0) is 24.3 Å². The van der Waals surface area contributed by atoms with Crippen LogP contribution in [0, 0.1) is 0 Å². The number of hydrogen-bond donors (Lipinski definition) is 2. The van der Waals surface area contributed by atoms with Crippen LogP contribution in [-0.4, -0.2) is 20.3 Å². The predicted molar refractivity (Wildman–Crippen MR) is 52.9 cm³/mol. The lowest BCUT2D eigenvalue weighted by Gasteiger charge is -1.94. The molecular weight excluding hydrogens is 178 g/mol. The highest BCUT2D eigenvalue weighted by Crippen LogP contribution is 2.17. The molecule has 72 valence electrons. The summed E-state index contributed by atoms with van der Waals surface area (Å²) in [7, 11) is 0. The summed E-state index contributed by atoms with van der Waals surface area (Å²) >= 11 is 0. The summed E-state index contributed by atoms with van der Waals surface area (Å²) in [5.41, 5.74) is 0.902. The molecule has 2 aromatic rings. The number of aromatic hydroxyl groups is 1. The van der Waals surface area contributed by atoms with Gasteiger partial charge in [-0.3, -0.25) is 5.10 Å². The Labute approximate surface area is 81.6 Å². The number of phenolic OH excluding ortho intramolecular Hbond substituents is 1. The van der Waals surface area contributed by atoms with Crippen molar-refractivity contribution in [2.45, 2.75) is 13.3 Å². The molecule has 2 N–H and O–H groups in total. The van der Waals surface area contributed by atoms with Crippen LogP contribution in [0.4, 0.5) is 0 Å². The molecule has 0 bridgehead atoms. The first-order chi connectivity index (χ1) is 6.79. The minimum Gasteiger partial charge on any atom is -0.508 e. The molecule has 4 nitrogen and oxygen atoms in total. The Morgan fingerprint density at radius 2 is 2.00 bits per heavy atom. The second-order valence-corrected chi connectivity index (χ2v) is 3.01. The third-order valence-electron chi connectivity index (χ3n) is 1.99. The zero-order chi connectivity index (χ0) is 9.97. The van der Waals surface area contributed by atoms with E-state index in [1.165, 1.54) is 0 Å². The SMILES string of the molecule is CCc1nc(-c2ccc(O)cc2)n[nH]1. The van der Waals surface area contributed by atoms with Crippen molar-refractivity contribution in [2.75, 3.05) is 0 Å². The number of aromatic nitrogens is 3. The molecule has 0 unspecified atom stereocenters. The lowest BCUT2D eigenvalue weighted by molar-refractivity contribution is 0.475. The number of nitrogens with zero attached hydrogens (tertiary/aromatic N) is 2. The second kappa shape index (κ2) is 3.49. The number of nitrogens with one attached hydrogen (secondary N) is 1. The number of rotatable bonds is 2. The lowest BCUT2D eigenvalue weighted by Crippen LogP contribution is -1.82. The third kappa shape index (κ3) is 1.59. The fourth-order valence-electron chi connectivity index (χ4n) is 1.19. The van der Waals surface area contributed by atoms with Crippen LogP contribution in [0.5, 0.6) is 5.75 Å². The van der Waals surface area contributed by atoms with Crippen molar-refractivity contribution in [3.8, 4) is 17.1 Å². The van der Waals surface area contributed by atoms with Crippen molar-refractivity contribution in [1.29, 1.82) is 0 Å². The van der Waals surface area contributed by atoms with E-state index in [1.54, 1.807) is 24.3 Å². The number of benzene rings is 1. The molecule has 0 spiro atoms. The predicted octanol–water partition coefficient (Wildman–Crippen LogP) is 1.74. The Balaban J connectivity index is 2.34. The van der Waals surface area contributed by atoms with Crippen LogP contribution in [-0.2, 0) is 6.42 Å². The standard InChI is InChI=1S/C10H11N3O/c1-2-9-11-10(13-12-9)7-3-5-8(14)6-4-7/h3-6,14H,2H2,1H3,(H,11,12,13). The Morgan fingerprint density at radius 1 is 1.29 bits per heavy atom. The monoisotopic (exact) mass is 189 g/mol. The van der Waals surface area contributed by atoms with E-state index in [-0.39, 0.29) is 5.75 Å². The minimum atomic E-state index is 0.250. The highest BCUT2D eigenvalue weighted by molar-refractivity contribution is 5.55. The van der Waals surface area contributed by atoms with Gasteiger partial charge in [-0.25, -0.2) is 4.98 Å². The first-order valence-corrected chi connectivity index (χ1v) is 4.50. The molecule has 0 radical (unpaired) electrons. The first kappa shape index (κ1) is 8.74. The first-order valence-electron chi connectivity index (χ1n) is 4.50. The van der Waals surface area contributed by atoms with Gasteiger partial charge in [-0.1, -0.05) is 6.92 Å². The van der Waals surface area contributed by atoms with Crippen LogP contribution in [0.2, 0.25) is 0 Å². The van der Waals surface area contributed by atoms with Crippen LogP contribution in [0.3, 0.4) is 0 Å². The van der Waals surface area contributed by atoms with Gasteiger partial charge >= 0.3 is 0 Å². The molecule has 0 saturated heterocycles. The fourth-order valence-corrected chi connectivity index (χ4v) is 1.19. The van der Waals surface area contributed by atoms with E-state index in [4.69, 9.17) is 5.11 Å². The largest absolute Gasteiger partial charge is 0.508 e. The van der Waals surface area contributed by atoms with Gasteiger partial charge in [0.15, 0.2) is 5.82 Å². The van der Waals surface area contributed by atoms with E-state index in [1.807, 2.05) is 6.92 Å². The van der Waals surface area contributed by atoms with Gasteiger partial charge in [0.05, 0.1) is 0 Å². The van der Waals surface area contributed by atoms with E-state index >= 15 is 0 Å². The normalized spacial score (nSPS) is 10.4. The van der Waals surface area contributed by atoms with Crippen LogP contribution in [0.25, 0.3) is 11.4 Å². The maximum atomic E-state index is 9.11. The molecule has 0 atom stereocenters. The summed E-state index contributed by atoms with van der Waals surface area (Å²) in [5, 5.41) is 16.0. The average molecular weight is 189 g/mol. The van der Waals surface area contributed by atoms with Crippen LogP contribution in [0.1, 0.15) is 12.7 Å². The van der Waals surface area contributed by atoms with Gasteiger partial charge in [0.25, 0.3) is 0 Å². The van der Waals surface area contributed by atoms with E-state index < -0.39 is 0 Å². The second-order valence-electron chi connectivity index (χ2n) is 3.01. The quantitative estimate of drug-likeness (QED) is 0.756. The smallest absolute Gasteiger partial charge is 0.181 e.